The molecule has 0 aliphatic heterocycles. The van der Waals surface area contributed by atoms with E-state index in [9.17, 15) is 0 Å². The Labute approximate surface area is 90.8 Å². The average Bonchev–Trinajstić information content (AvgIpc) is 2.78. The second-order valence-electron chi connectivity index (χ2n) is 4.79. The van der Waals surface area contributed by atoms with Crippen LogP contribution in [0, 0.1) is 5.41 Å². The average molecular weight is 208 g/mol. The van der Waals surface area contributed by atoms with Crippen LogP contribution < -0.4 is 11.3 Å². The maximum Gasteiger partial charge on any atom is 0.0544 e. The normalized spacial score (nSPS) is 20.2. The number of hydrogen-bond acceptors (Lipinski definition) is 3. The van der Waals surface area contributed by atoms with Crippen molar-refractivity contribution in [1.29, 1.82) is 0 Å². The molecule has 3 N–H and O–H groups in total. The maximum absolute atomic E-state index is 5.63. The molecule has 0 spiro atoms. The summed E-state index contributed by atoms with van der Waals surface area (Å²) in [6.45, 7) is 5.41. The highest BCUT2D eigenvalue weighted by molar-refractivity contribution is 5.17. The van der Waals surface area contributed by atoms with Crippen molar-refractivity contribution in [2.45, 2.75) is 45.7 Å². The molecule has 1 fully saturated rings. The lowest BCUT2D eigenvalue weighted by Gasteiger charge is -2.20. The number of rotatable bonds is 5. The fraction of sp³-hybridized carbons (Fsp3) is 0.727. The molecule has 0 bridgehead atoms. The van der Waals surface area contributed by atoms with E-state index in [-0.39, 0.29) is 6.04 Å². The largest absolute Gasteiger partial charge is 0.272 e. The van der Waals surface area contributed by atoms with Crippen molar-refractivity contribution in [3.63, 3.8) is 0 Å². The number of hydrazine groups is 1. The molecule has 1 atom stereocenters. The Balaban J connectivity index is 2.12. The van der Waals surface area contributed by atoms with Gasteiger partial charge in [-0.05, 0) is 24.7 Å². The van der Waals surface area contributed by atoms with Crippen LogP contribution in [0.4, 0.5) is 0 Å². The van der Waals surface area contributed by atoms with E-state index in [0.717, 1.165) is 13.0 Å². The third kappa shape index (κ3) is 2.06. The first-order chi connectivity index (χ1) is 7.19. The molecule has 84 valence electrons. The van der Waals surface area contributed by atoms with Crippen LogP contribution in [0.3, 0.4) is 0 Å². The predicted molar refractivity (Wildman–Crippen MR) is 59.9 cm³/mol. The van der Waals surface area contributed by atoms with Crippen molar-refractivity contribution in [3.8, 4) is 0 Å². The quantitative estimate of drug-likeness (QED) is 0.571. The molecule has 1 aliphatic carbocycles. The summed E-state index contributed by atoms with van der Waals surface area (Å²) in [6, 6.07) is 0.253. The third-order valence-corrected chi connectivity index (χ3v) is 3.34. The number of aryl methyl sites for hydroxylation is 1. The van der Waals surface area contributed by atoms with E-state index in [4.69, 9.17) is 5.84 Å². The summed E-state index contributed by atoms with van der Waals surface area (Å²) in [5, 5.41) is 4.34. The Morgan fingerprint density at radius 2 is 2.40 bits per heavy atom. The Kier molecular flexibility index (Phi) is 2.80. The first-order valence-corrected chi connectivity index (χ1v) is 5.68. The van der Waals surface area contributed by atoms with Crippen LogP contribution >= 0.6 is 0 Å². The summed E-state index contributed by atoms with van der Waals surface area (Å²) in [5.74, 6) is 5.63. The lowest BCUT2D eigenvalue weighted by Crippen LogP contribution is -2.33. The van der Waals surface area contributed by atoms with Crippen LogP contribution in [0.1, 0.15) is 44.7 Å². The van der Waals surface area contributed by atoms with Crippen LogP contribution in [0.15, 0.2) is 12.4 Å². The van der Waals surface area contributed by atoms with Crippen LogP contribution in [-0.4, -0.2) is 9.78 Å². The number of nitrogens with two attached hydrogens (primary N) is 1. The highest BCUT2D eigenvalue weighted by atomic mass is 15.3. The van der Waals surface area contributed by atoms with Crippen molar-refractivity contribution >= 4 is 0 Å². The first-order valence-electron chi connectivity index (χ1n) is 5.68. The van der Waals surface area contributed by atoms with Crippen molar-refractivity contribution in [1.82, 2.24) is 15.2 Å². The molecule has 1 unspecified atom stereocenters. The van der Waals surface area contributed by atoms with E-state index in [0.29, 0.717) is 5.41 Å². The molecule has 1 aromatic heterocycles. The van der Waals surface area contributed by atoms with Crippen molar-refractivity contribution < 1.29 is 0 Å². The third-order valence-electron chi connectivity index (χ3n) is 3.34. The number of nitrogens with one attached hydrogen (secondary N) is 1. The van der Waals surface area contributed by atoms with Gasteiger partial charge in [0, 0.05) is 18.3 Å². The fourth-order valence-corrected chi connectivity index (χ4v) is 2.07. The Morgan fingerprint density at radius 3 is 2.93 bits per heavy atom. The van der Waals surface area contributed by atoms with E-state index in [2.05, 4.69) is 30.6 Å². The Hall–Kier alpha value is -0.870. The van der Waals surface area contributed by atoms with Crippen molar-refractivity contribution in [3.05, 3.63) is 18.0 Å². The molecular formula is C11H20N4. The molecular weight excluding hydrogens is 188 g/mol. The smallest absolute Gasteiger partial charge is 0.0544 e. The standard InChI is InChI=1S/C11H20N4/c1-3-6-15-8-9(7-13-15)10(14-12)11(2)4-5-11/h7-8,10,14H,3-6,12H2,1-2H3. The first kappa shape index (κ1) is 10.6. The molecule has 4 heteroatoms. The minimum absolute atomic E-state index is 0.253. The number of hydrogen-bond donors (Lipinski definition) is 2. The summed E-state index contributed by atoms with van der Waals surface area (Å²) in [6.07, 6.45) is 7.65. The van der Waals surface area contributed by atoms with Gasteiger partial charge in [-0.3, -0.25) is 16.0 Å². The molecule has 1 saturated carbocycles. The molecule has 0 amide bonds. The lowest BCUT2D eigenvalue weighted by molar-refractivity contribution is 0.372. The van der Waals surface area contributed by atoms with Crippen LogP contribution in [0.2, 0.25) is 0 Å². The van der Waals surface area contributed by atoms with Gasteiger partial charge in [-0.1, -0.05) is 13.8 Å². The molecule has 15 heavy (non-hydrogen) atoms. The van der Waals surface area contributed by atoms with Crippen LogP contribution in [0.5, 0.6) is 0 Å². The highest BCUT2D eigenvalue weighted by Gasteiger charge is 2.45. The van der Waals surface area contributed by atoms with Gasteiger partial charge >= 0.3 is 0 Å². The van der Waals surface area contributed by atoms with Gasteiger partial charge in [-0.15, -0.1) is 0 Å². The van der Waals surface area contributed by atoms with Gasteiger partial charge < -0.3 is 0 Å². The van der Waals surface area contributed by atoms with Gasteiger partial charge in [0.05, 0.1) is 12.2 Å². The molecule has 1 aromatic rings. The van der Waals surface area contributed by atoms with E-state index in [1.165, 1.54) is 18.4 Å². The van der Waals surface area contributed by atoms with Crippen molar-refractivity contribution in [2.24, 2.45) is 11.3 Å². The number of aromatic nitrogens is 2. The van der Waals surface area contributed by atoms with Gasteiger partial charge in [0.15, 0.2) is 0 Å². The zero-order valence-electron chi connectivity index (χ0n) is 9.53. The maximum atomic E-state index is 5.63. The van der Waals surface area contributed by atoms with E-state index < -0.39 is 0 Å². The van der Waals surface area contributed by atoms with Gasteiger partial charge in [-0.2, -0.15) is 5.10 Å². The second kappa shape index (κ2) is 3.94. The van der Waals surface area contributed by atoms with E-state index >= 15 is 0 Å². The van der Waals surface area contributed by atoms with Crippen LogP contribution in [0.25, 0.3) is 0 Å². The lowest BCUT2D eigenvalue weighted by atomic mass is 9.95. The monoisotopic (exact) mass is 208 g/mol. The summed E-state index contributed by atoms with van der Waals surface area (Å²) in [4.78, 5) is 0. The van der Waals surface area contributed by atoms with Gasteiger partial charge in [0.1, 0.15) is 0 Å². The molecule has 0 radical (unpaired) electrons. The predicted octanol–water partition coefficient (Wildman–Crippen LogP) is 1.60. The molecule has 4 nitrogen and oxygen atoms in total. The molecule has 1 aliphatic rings. The zero-order valence-corrected chi connectivity index (χ0v) is 9.53. The Morgan fingerprint density at radius 1 is 1.67 bits per heavy atom. The van der Waals surface area contributed by atoms with E-state index in [1.54, 1.807) is 0 Å². The minimum atomic E-state index is 0.253. The van der Waals surface area contributed by atoms with E-state index in [1.807, 2.05) is 10.9 Å². The SMILES string of the molecule is CCCn1cc(C(NN)C2(C)CC2)cn1. The summed E-state index contributed by atoms with van der Waals surface area (Å²) in [5.41, 5.74) is 4.48. The number of nitrogens with zero attached hydrogens (tertiary/aromatic N) is 2. The zero-order chi connectivity index (χ0) is 10.9. The molecule has 1 heterocycles. The minimum Gasteiger partial charge on any atom is -0.272 e. The summed E-state index contributed by atoms with van der Waals surface area (Å²) >= 11 is 0. The topological polar surface area (TPSA) is 55.9 Å². The Bertz CT molecular complexity index is 327. The van der Waals surface area contributed by atoms with Crippen LogP contribution in [-0.2, 0) is 6.54 Å². The van der Waals surface area contributed by atoms with Gasteiger partial charge in [-0.25, -0.2) is 0 Å². The highest BCUT2D eigenvalue weighted by Crippen LogP contribution is 2.53. The molecule has 0 saturated heterocycles. The van der Waals surface area contributed by atoms with Crippen molar-refractivity contribution in [2.75, 3.05) is 0 Å². The van der Waals surface area contributed by atoms with Gasteiger partial charge in [0.25, 0.3) is 0 Å². The summed E-state index contributed by atoms with van der Waals surface area (Å²) in [7, 11) is 0. The fourth-order valence-electron chi connectivity index (χ4n) is 2.07. The second-order valence-corrected chi connectivity index (χ2v) is 4.79. The van der Waals surface area contributed by atoms with Gasteiger partial charge in [0.2, 0.25) is 0 Å². The summed E-state index contributed by atoms with van der Waals surface area (Å²) < 4.78 is 1.99. The molecule has 0 aromatic carbocycles. The molecule has 2 rings (SSSR count).